The second-order valence-corrected chi connectivity index (χ2v) is 3.58. The Kier molecular flexibility index (Phi) is 3.23. The van der Waals surface area contributed by atoms with E-state index in [-0.39, 0.29) is 11.5 Å². The molecule has 1 aromatic carbocycles. The minimum atomic E-state index is -0.981. The Bertz CT molecular complexity index is 334. The first-order valence-electron chi connectivity index (χ1n) is 4.51. The van der Waals surface area contributed by atoms with Gasteiger partial charge >= 0.3 is 5.97 Å². The average Bonchev–Trinajstić information content (AvgIpc) is 2.07. The summed E-state index contributed by atoms with van der Waals surface area (Å²) in [6.07, 6.45) is 0. The number of carbonyl (C=O) groups is 1. The van der Waals surface area contributed by atoms with Gasteiger partial charge in [0.1, 0.15) is 5.82 Å². The van der Waals surface area contributed by atoms with Gasteiger partial charge in [0.2, 0.25) is 0 Å². The zero-order chi connectivity index (χ0) is 10.7. The lowest BCUT2D eigenvalue weighted by molar-refractivity contribution is -0.139. The van der Waals surface area contributed by atoms with Gasteiger partial charge in [0.15, 0.2) is 0 Å². The van der Waals surface area contributed by atoms with Crippen LogP contribution >= 0.6 is 0 Å². The molecule has 2 nitrogen and oxygen atoms in total. The van der Waals surface area contributed by atoms with E-state index >= 15 is 0 Å². The van der Waals surface area contributed by atoms with E-state index in [2.05, 4.69) is 0 Å². The molecule has 1 rings (SSSR count). The van der Waals surface area contributed by atoms with Gasteiger partial charge in [-0.3, -0.25) is 4.79 Å². The third-order valence-corrected chi connectivity index (χ3v) is 2.17. The minimum Gasteiger partial charge on any atom is -0.481 e. The highest BCUT2D eigenvalue weighted by Gasteiger charge is 2.25. The van der Waals surface area contributed by atoms with Crippen molar-refractivity contribution in [2.24, 2.45) is 5.92 Å². The number of aliphatic carboxylic acids is 1. The molecule has 0 aliphatic rings. The van der Waals surface area contributed by atoms with E-state index in [1.54, 1.807) is 26.0 Å². The molecule has 0 fully saturated rings. The molecule has 0 saturated heterocycles. The Morgan fingerprint density at radius 1 is 1.36 bits per heavy atom. The topological polar surface area (TPSA) is 37.3 Å². The van der Waals surface area contributed by atoms with Crippen LogP contribution in [0.1, 0.15) is 25.3 Å². The number of benzene rings is 1. The predicted octanol–water partition coefficient (Wildman–Crippen LogP) is 2.65. The fourth-order valence-electron chi connectivity index (χ4n) is 1.50. The van der Waals surface area contributed by atoms with E-state index in [1.165, 1.54) is 12.1 Å². The largest absolute Gasteiger partial charge is 0.481 e. The van der Waals surface area contributed by atoms with Crippen molar-refractivity contribution in [2.45, 2.75) is 19.8 Å². The summed E-state index contributed by atoms with van der Waals surface area (Å²) in [6, 6.07) is 6.01. The van der Waals surface area contributed by atoms with Crippen molar-refractivity contribution in [3.8, 4) is 0 Å². The van der Waals surface area contributed by atoms with Gasteiger partial charge in [-0.1, -0.05) is 32.0 Å². The third kappa shape index (κ3) is 2.10. The molecule has 0 aliphatic carbocycles. The van der Waals surface area contributed by atoms with Gasteiger partial charge in [-0.05, 0) is 12.0 Å². The van der Waals surface area contributed by atoms with Gasteiger partial charge in [-0.25, -0.2) is 4.39 Å². The van der Waals surface area contributed by atoms with E-state index in [4.69, 9.17) is 5.11 Å². The molecular formula is C11H13FO2. The smallest absolute Gasteiger partial charge is 0.311 e. The molecule has 0 aromatic heterocycles. The van der Waals surface area contributed by atoms with Crippen molar-refractivity contribution in [1.82, 2.24) is 0 Å². The first-order valence-corrected chi connectivity index (χ1v) is 4.51. The summed E-state index contributed by atoms with van der Waals surface area (Å²) >= 11 is 0. The molecular weight excluding hydrogens is 183 g/mol. The molecule has 0 bridgehead atoms. The summed E-state index contributed by atoms with van der Waals surface area (Å²) in [5.41, 5.74) is 0.259. The molecule has 1 N–H and O–H groups in total. The van der Waals surface area contributed by atoms with E-state index in [9.17, 15) is 9.18 Å². The van der Waals surface area contributed by atoms with Crippen molar-refractivity contribution in [2.75, 3.05) is 0 Å². The monoisotopic (exact) mass is 196 g/mol. The maximum atomic E-state index is 13.3. The summed E-state index contributed by atoms with van der Waals surface area (Å²) in [5.74, 6) is -2.32. The molecule has 1 atom stereocenters. The molecule has 0 aliphatic heterocycles. The molecule has 0 saturated carbocycles. The predicted molar refractivity (Wildman–Crippen MR) is 51.6 cm³/mol. The van der Waals surface area contributed by atoms with Gasteiger partial charge < -0.3 is 5.11 Å². The van der Waals surface area contributed by atoms with Gasteiger partial charge in [-0.15, -0.1) is 0 Å². The molecule has 0 amide bonds. The maximum Gasteiger partial charge on any atom is 0.311 e. The van der Waals surface area contributed by atoms with E-state index in [1.807, 2.05) is 0 Å². The summed E-state index contributed by atoms with van der Waals surface area (Å²) in [4.78, 5) is 10.9. The number of halogens is 1. The maximum absolute atomic E-state index is 13.3. The molecule has 14 heavy (non-hydrogen) atoms. The summed E-state index contributed by atoms with van der Waals surface area (Å²) in [5, 5.41) is 8.95. The fourth-order valence-corrected chi connectivity index (χ4v) is 1.50. The molecule has 0 radical (unpaired) electrons. The lowest BCUT2D eigenvalue weighted by Gasteiger charge is -2.16. The summed E-state index contributed by atoms with van der Waals surface area (Å²) < 4.78 is 13.3. The fraction of sp³-hybridized carbons (Fsp3) is 0.364. The molecule has 0 spiro atoms. The van der Waals surface area contributed by atoms with Crippen molar-refractivity contribution in [3.05, 3.63) is 35.6 Å². The number of carboxylic acids is 1. The number of rotatable bonds is 3. The number of carboxylic acid groups (broad SMARTS) is 1. The summed E-state index contributed by atoms with van der Waals surface area (Å²) in [7, 11) is 0. The average molecular weight is 196 g/mol. The van der Waals surface area contributed by atoms with Gasteiger partial charge in [-0.2, -0.15) is 0 Å². The van der Waals surface area contributed by atoms with Gasteiger partial charge in [0, 0.05) is 5.56 Å². The van der Waals surface area contributed by atoms with Crippen LogP contribution in [0.15, 0.2) is 24.3 Å². The standard InChI is InChI=1S/C11H13FO2/c1-7(2)10(11(13)14)8-5-3-4-6-9(8)12/h3-7,10H,1-2H3,(H,13,14)/t10-/m1/s1. The zero-order valence-electron chi connectivity index (χ0n) is 8.20. The second kappa shape index (κ2) is 4.22. The number of hydrogen-bond acceptors (Lipinski definition) is 1. The van der Waals surface area contributed by atoms with Crippen molar-refractivity contribution >= 4 is 5.97 Å². The van der Waals surface area contributed by atoms with Crippen LogP contribution in [0.4, 0.5) is 4.39 Å². The van der Waals surface area contributed by atoms with Crippen LogP contribution in [0.2, 0.25) is 0 Å². The van der Waals surface area contributed by atoms with E-state index in [0.29, 0.717) is 0 Å². The Morgan fingerprint density at radius 2 is 1.93 bits per heavy atom. The van der Waals surface area contributed by atoms with Crippen LogP contribution in [0.25, 0.3) is 0 Å². The highest BCUT2D eigenvalue weighted by Crippen LogP contribution is 2.26. The van der Waals surface area contributed by atoms with Crippen LogP contribution in [-0.2, 0) is 4.79 Å². The quantitative estimate of drug-likeness (QED) is 0.806. The van der Waals surface area contributed by atoms with Crippen LogP contribution in [0.5, 0.6) is 0 Å². The number of hydrogen-bond donors (Lipinski definition) is 1. The van der Waals surface area contributed by atoms with E-state index < -0.39 is 17.7 Å². The Morgan fingerprint density at radius 3 is 2.36 bits per heavy atom. The Hall–Kier alpha value is -1.38. The van der Waals surface area contributed by atoms with Crippen LogP contribution in [0, 0.1) is 11.7 Å². The Labute approximate surface area is 82.4 Å². The zero-order valence-corrected chi connectivity index (χ0v) is 8.20. The molecule has 1 aromatic rings. The second-order valence-electron chi connectivity index (χ2n) is 3.58. The molecule has 0 unspecified atom stereocenters. The highest BCUT2D eigenvalue weighted by atomic mass is 19.1. The van der Waals surface area contributed by atoms with Crippen molar-refractivity contribution in [1.29, 1.82) is 0 Å². The summed E-state index contributed by atoms with van der Waals surface area (Å²) in [6.45, 7) is 3.54. The molecule has 0 heterocycles. The normalized spacial score (nSPS) is 12.9. The first kappa shape index (κ1) is 10.7. The van der Waals surface area contributed by atoms with Crippen LogP contribution in [-0.4, -0.2) is 11.1 Å². The van der Waals surface area contributed by atoms with Gasteiger partial charge in [0.25, 0.3) is 0 Å². The van der Waals surface area contributed by atoms with Crippen molar-refractivity contribution in [3.63, 3.8) is 0 Å². The molecule has 76 valence electrons. The lowest BCUT2D eigenvalue weighted by Crippen LogP contribution is -2.18. The SMILES string of the molecule is CC(C)[C@@H](C(=O)O)c1ccccc1F. The minimum absolute atomic E-state index is 0.121. The highest BCUT2D eigenvalue weighted by molar-refractivity contribution is 5.76. The van der Waals surface area contributed by atoms with Crippen LogP contribution < -0.4 is 0 Å². The van der Waals surface area contributed by atoms with E-state index in [0.717, 1.165) is 0 Å². The molecule has 3 heteroatoms. The first-order chi connectivity index (χ1) is 6.54. The third-order valence-electron chi connectivity index (χ3n) is 2.17. The Balaban J connectivity index is 3.12. The van der Waals surface area contributed by atoms with Crippen molar-refractivity contribution < 1.29 is 14.3 Å². The van der Waals surface area contributed by atoms with Crippen LogP contribution in [0.3, 0.4) is 0 Å². The van der Waals surface area contributed by atoms with Gasteiger partial charge in [0.05, 0.1) is 5.92 Å². The lowest BCUT2D eigenvalue weighted by atomic mass is 9.88.